The van der Waals surface area contributed by atoms with Gasteiger partial charge in [0.25, 0.3) is 5.91 Å². The third kappa shape index (κ3) is 7.06. The number of carbonyl (C=O) groups excluding carboxylic acids is 1. The van der Waals surface area contributed by atoms with Crippen molar-refractivity contribution in [3.8, 4) is 0 Å². The third-order valence-electron chi connectivity index (χ3n) is 6.81. The second kappa shape index (κ2) is 13.5. The molecule has 3 N–H and O–H groups in total. The van der Waals surface area contributed by atoms with Crippen molar-refractivity contribution in [3.05, 3.63) is 35.4 Å². The molecule has 3 heterocycles. The summed E-state index contributed by atoms with van der Waals surface area (Å²) in [4.78, 5) is 17.8. The average molecular weight is 470 g/mol. The molecular formula is C27H43N5O2. The number of hydrogen-bond acceptors (Lipinski definition) is 6. The van der Waals surface area contributed by atoms with Crippen LogP contribution in [0, 0.1) is 0 Å². The number of morpholine rings is 1. The molecule has 2 fully saturated rings. The minimum absolute atomic E-state index is 0.109. The maximum absolute atomic E-state index is 13.3. The number of nitrogens with one attached hydrogen (secondary N) is 1. The number of allylic oxidation sites excluding steroid dienone is 1. The number of hydrazone groups is 1. The highest BCUT2D eigenvalue weighted by Crippen LogP contribution is 2.29. The van der Waals surface area contributed by atoms with E-state index < -0.39 is 0 Å². The zero-order valence-electron chi connectivity index (χ0n) is 21.3. The van der Waals surface area contributed by atoms with Crippen molar-refractivity contribution < 1.29 is 9.53 Å². The summed E-state index contributed by atoms with van der Waals surface area (Å²) < 4.78 is 5.48. The van der Waals surface area contributed by atoms with E-state index in [9.17, 15) is 4.79 Å². The first-order valence-corrected chi connectivity index (χ1v) is 13.1. The molecule has 1 aromatic carbocycles. The Morgan fingerprint density at radius 1 is 1.12 bits per heavy atom. The molecule has 3 aliphatic rings. The summed E-state index contributed by atoms with van der Waals surface area (Å²) in [6, 6.07) is 6.44. The Morgan fingerprint density at radius 3 is 2.59 bits per heavy atom. The van der Waals surface area contributed by atoms with Gasteiger partial charge in [-0.05, 0) is 69.2 Å². The van der Waals surface area contributed by atoms with Crippen LogP contribution < -0.4 is 11.2 Å². The van der Waals surface area contributed by atoms with E-state index in [0.29, 0.717) is 6.04 Å². The maximum Gasteiger partial charge on any atom is 0.253 e. The van der Waals surface area contributed by atoms with Crippen molar-refractivity contribution in [1.82, 2.24) is 15.2 Å². The van der Waals surface area contributed by atoms with Crippen molar-refractivity contribution in [2.75, 3.05) is 45.1 Å². The summed E-state index contributed by atoms with van der Waals surface area (Å²) >= 11 is 0. The lowest BCUT2D eigenvalue weighted by Gasteiger charge is -2.40. The van der Waals surface area contributed by atoms with Crippen molar-refractivity contribution in [1.29, 1.82) is 0 Å². The Balaban J connectivity index is 0.00000158. The summed E-state index contributed by atoms with van der Waals surface area (Å²) in [7, 11) is 0. The lowest BCUT2D eigenvalue weighted by atomic mass is 9.94. The van der Waals surface area contributed by atoms with Gasteiger partial charge in [-0.2, -0.15) is 5.10 Å². The van der Waals surface area contributed by atoms with E-state index in [1.165, 1.54) is 5.57 Å². The molecule has 3 aliphatic heterocycles. The van der Waals surface area contributed by atoms with E-state index in [2.05, 4.69) is 28.4 Å². The third-order valence-corrected chi connectivity index (χ3v) is 6.81. The Labute approximate surface area is 205 Å². The van der Waals surface area contributed by atoms with Gasteiger partial charge in [0, 0.05) is 55.2 Å². The number of nitrogens with two attached hydrogens (primary N) is 1. The number of nitrogens with zero attached hydrogens (tertiary/aromatic N) is 3. The van der Waals surface area contributed by atoms with Gasteiger partial charge in [-0.15, -0.1) is 0 Å². The molecule has 1 unspecified atom stereocenters. The lowest BCUT2D eigenvalue weighted by Crippen LogP contribution is -2.50. The Bertz CT molecular complexity index is 839. The topological polar surface area (TPSA) is 83.2 Å². The number of hydrogen-bond donors (Lipinski definition) is 2. The standard InChI is InChI=1S/C25H37N5O2.C2H6/c1-19-17-20(5-3-2-4-10-27-28-19)23-18-21(6-7-24(23)26)25(31)30-11-8-22(9-12-30)29-13-15-32-16-14-29;1-2/h6-7,10,17-19,22,28H,2-5,8-9,11-16,26H2,1H3;1-2H3/b20-17+,27-10-;. The molecule has 0 radical (unpaired) electrons. The molecule has 0 aromatic heterocycles. The van der Waals surface area contributed by atoms with Crippen LogP contribution in [0.5, 0.6) is 0 Å². The van der Waals surface area contributed by atoms with Gasteiger partial charge in [-0.3, -0.25) is 9.69 Å². The zero-order chi connectivity index (χ0) is 24.3. The number of nitrogen functional groups attached to an aromatic ring is 1. The first kappa shape index (κ1) is 26.2. The normalized spacial score (nSPS) is 25.2. The predicted molar refractivity (Wildman–Crippen MR) is 141 cm³/mol. The minimum Gasteiger partial charge on any atom is -0.398 e. The molecule has 0 spiro atoms. The first-order chi connectivity index (χ1) is 16.6. The molecule has 7 heteroatoms. The number of anilines is 1. The molecule has 1 amide bonds. The summed E-state index contributed by atoms with van der Waals surface area (Å²) in [6.45, 7) is 11.4. The Hall–Kier alpha value is -2.38. The van der Waals surface area contributed by atoms with Crippen molar-refractivity contribution in [3.63, 3.8) is 0 Å². The van der Waals surface area contributed by atoms with E-state index in [-0.39, 0.29) is 11.9 Å². The molecule has 1 aromatic rings. The second-order valence-corrected chi connectivity index (χ2v) is 9.14. The van der Waals surface area contributed by atoms with Gasteiger partial charge in [-0.25, -0.2) is 0 Å². The van der Waals surface area contributed by atoms with Crippen LogP contribution in [0.2, 0.25) is 0 Å². The predicted octanol–water partition coefficient (Wildman–Crippen LogP) is 4.15. The average Bonchev–Trinajstić information content (AvgIpc) is 2.89. The minimum atomic E-state index is 0.109. The van der Waals surface area contributed by atoms with Crippen LogP contribution in [-0.4, -0.2) is 73.4 Å². The van der Waals surface area contributed by atoms with Crippen LogP contribution in [0.15, 0.2) is 29.4 Å². The Morgan fingerprint density at radius 2 is 1.85 bits per heavy atom. The number of piperidine rings is 1. The highest BCUT2D eigenvalue weighted by atomic mass is 16.5. The molecule has 0 aliphatic carbocycles. The number of carbonyl (C=O) groups is 1. The maximum atomic E-state index is 13.3. The fourth-order valence-corrected chi connectivity index (χ4v) is 4.96. The number of amides is 1. The van der Waals surface area contributed by atoms with Crippen molar-refractivity contribution in [2.45, 2.75) is 71.4 Å². The van der Waals surface area contributed by atoms with E-state index in [4.69, 9.17) is 10.5 Å². The van der Waals surface area contributed by atoms with Crippen LogP contribution in [0.25, 0.3) is 5.57 Å². The lowest BCUT2D eigenvalue weighted by molar-refractivity contribution is 0.00159. The number of benzene rings is 1. The fourth-order valence-electron chi connectivity index (χ4n) is 4.96. The van der Waals surface area contributed by atoms with E-state index in [1.807, 2.05) is 43.2 Å². The second-order valence-electron chi connectivity index (χ2n) is 9.14. The number of likely N-dealkylation sites (tertiary alicyclic amines) is 1. The fraction of sp³-hybridized carbons (Fsp3) is 0.630. The molecule has 1 atom stereocenters. The van der Waals surface area contributed by atoms with Gasteiger partial charge in [-0.1, -0.05) is 19.9 Å². The molecule has 2 saturated heterocycles. The van der Waals surface area contributed by atoms with Crippen molar-refractivity contribution >= 4 is 23.4 Å². The summed E-state index contributed by atoms with van der Waals surface area (Å²) in [5.41, 5.74) is 13.2. The van der Waals surface area contributed by atoms with Crippen molar-refractivity contribution in [2.24, 2.45) is 5.10 Å². The highest BCUT2D eigenvalue weighted by Gasteiger charge is 2.28. The summed E-state index contributed by atoms with van der Waals surface area (Å²) in [6.07, 6.45) is 10.3. The van der Waals surface area contributed by atoms with E-state index in [0.717, 1.165) is 94.7 Å². The molecular weight excluding hydrogens is 426 g/mol. The van der Waals surface area contributed by atoms with Gasteiger partial charge in [0.2, 0.25) is 0 Å². The number of ether oxygens (including phenoxy) is 1. The zero-order valence-corrected chi connectivity index (χ0v) is 21.3. The largest absolute Gasteiger partial charge is 0.398 e. The van der Waals surface area contributed by atoms with Gasteiger partial charge < -0.3 is 20.8 Å². The molecule has 0 saturated carbocycles. The molecule has 34 heavy (non-hydrogen) atoms. The van der Waals surface area contributed by atoms with E-state index >= 15 is 0 Å². The molecule has 188 valence electrons. The van der Waals surface area contributed by atoms with Gasteiger partial charge in [0.15, 0.2) is 0 Å². The van der Waals surface area contributed by atoms with E-state index in [1.54, 1.807) is 0 Å². The molecule has 4 rings (SSSR count). The monoisotopic (exact) mass is 469 g/mol. The number of rotatable bonds is 3. The smallest absolute Gasteiger partial charge is 0.253 e. The Kier molecular flexibility index (Phi) is 10.4. The van der Waals surface area contributed by atoms with Crippen LogP contribution in [0.3, 0.4) is 0 Å². The van der Waals surface area contributed by atoms with Gasteiger partial charge in [0.1, 0.15) is 0 Å². The van der Waals surface area contributed by atoms with Crippen LogP contribution in [0.4, 0.5) is 5.69 Å². The summed E-state index contributed by atoms with van der Waals surface area (Å²) in [5.74, 6) is 0.114. The summed E-state index contributed by atoms with van der Waals surface area (Å²) in [5, 5.41) is 4.29. The van der Waals surface area contributed by atoms with Crippen LogP contribution >= 0.6 is 0 Å². The van der Waals surface area contributed by atoms with Crippen LogP contribution in [-0.2, 0) is 4.74 Å². The quantitative estimate of drug-likeness (QED) is 0.650. The first-order valence-electron chi connectivity index (χ1n) is 13.1. The van der Waals surface area contributed by atoms with Gasteiger partial charge in [0.05, 0.1) is 19.3 Å². The molecule has 0 bridgehead atoms. The van der Waals surface area contributed by atoms with Gasteiger partial charge >= 0.3 is 0 Å². The highest BCUT2D eigenvalue weighted by molar-refractivity contribution is 5.96. The molecule has 7 nitrogen and oxygen atoms in total. The SMILES string of the molecule is CC.CC1/C=C(/c2cc(C(=O)N3CCC(N4CCOCC4)CC3)ccc2N)CCCC/C=N\N1. The van der Waals surface area contributed by atoms with Crippen LogP contribution in [0.1, 0.15) is 75.2 Å².